The van der Waals surface area contributed by atoms with Gasteiger partial charge in [0, 0.05) is 0 Å². The lowest BCUT2D eigenvalue weighted by Gasteiger charge is -2.09. The van der Waals surface area contributed by atoms with Crippen LogP contribution in [0, 0.1) is 6.92 Å². The van der Waals surface area contributed by atoms with Crippen LogP contribution in [-0.4, -0.2) is 22.7 Å². The van der Waals surface area contributed by atoms with Crippen LogP contribution in [0.25, 0.3) is 0 Å². The third kappa shape index (κ3) is 3.04. The molecule has 0 N–H and O–H groups in total. The van der Waals surface area contributed by atoms with Crippen molar-refractivity contribution in [2.75, 3.05) is 6.61 Å². The number of carbonyl (C=O) groups excluding carboxylic acids is 1. The zero-order valence-corrected chi connectivity index (χ0v) is 9.32. The summed E-state index contributed by atoms with van der Waals surface area (Å²) in [6.45, 7) is 5.86. The highest BCUT2D eigenvalue weighted by Crippen LogP contribution is 2.21. The lowest BCUT2D eigenvalue weighted by molar-refractivity contribution is -0.145. The first-order chi connectivity index (χ1) is 7.19. The van der Waals surface area contributed by atoms with Gasteiger partial charge < -0.3 is 9.26 Å². The molecule has 0 bridgehead atoms. The second-order valence-electron chi connectivity index (χ2n) is 3.27. The van der Waals surface area contributed by atoms with Crippen LogP contribution in [0.5, 0.6) is 0 Å². The number of hydrogen-bond acceptors (Lipinski definition) is 5. The van der Waals surface area contributed by atoms with E-state index < -0.39 is 5.92 Å². The van der Waals surface area contributed by atoms with Gasteiger partial charge in [0.1, 0.15) is 5.92 Å². The minimum atomic E-state index is -0.420. The summed E-state index contributed by atoms with van der Waals surface area (Å²) in [7, 11) is 0. The van der Waals surface area contributed by atoms with Gasteiger partial charge in [0.2, 0.25) is 5.89 Å². The van der Waals surface area contributed by atoms with Crippen molar-refractivity contribution in [1.29, 1.82) is 0 Å². The summed E-state index contributed by atoms with van der Waals surface area (Å²) in [6.07, 6.45) is 1.53. The van der Waals surface area contributed by atoms with Crippen molar-refractivity contribution in [3.63, 3.8) is 0 Å². The van der Waals surface area contributed by atoms with Gasteiger partial charge in [-0.25, -0.2) is 0 Å². The Labute approximate surface area is 88.8 Å². The molecule has 0 saturated heterocycles. The van der Waals surface area contributed by atoms with Gasteiger partial charge >= 0.3 is 5.97 Å². The van der Waals surface area contributed by atoms with Gasteiger partial charge in [-0.15, -0.1) is 0 Å². The molecule has 1 atom stereocenters. The molecule has 15 heavy (non-hydrogen) atoms. The van der Waals surface area contributed by atoms with Crippen LogP contribution in [0.3, 0.4) is 0 Å². The lowest BCUT2D eigenvalue weighted by Crippen LogP contribution is -2.16. The largest absolute Gasteiger partial charge is 0.465 e. The maximum atomic E-state index is 11.6. The van der Waals surface area contributed by atoms with E-state index in [9.17, 15) is 4.79 Å². The predicted octanol–water partition coefficient (Wildman–Crippen LogP) is 1.82. The summed E-state index contributed by atoms with van der Waals surface area (Å²) in [4.78, 5) is 15.6. The van der Waals surface area contributed by atoms with Crippen molar-refractivity contribution in [3.05, 3.63) is 11.7 Å². The van der Waals surface area contributed by atoms with Crippen LogP contribution in [0.1, 0.15) is 44.3 Å². The molecule has 1 aromatic heterocycles. The highest BCUT2D eigenvalue weighted by atomic mass is 16.5. The number of hydrogen-bond donors (Lipinski definition) is 0. The Morgan fingerprint density at radius 3 is 2.73 bits per heavy atom. The molecule has 1 rings (SSSR count). The van der Waals surface area contributed by atoms with E-state index in [-0.39, 0.29) is 5.97 Å². The van der Waals surface area contributed by atoms with Crippen LogP contribution in [0.2, 0.25) is 0 Å². The molecule has 0 spiro atoms. The van der Waals surface area contributed by atoms with Crippen LogP contribution in [-0.2, 0) is 9.53 Å². The van der Waals surface area contributed by atoms with Crippen LogP contribution >= 0.6 is 0 Å². The number of aromatic nitrogens is 2. The number of nitrogens with zero attached hydrogens (tertiary/aromatic N) is 2. The molecule has 84 valence electrons. The molecule has 0 aliphatic rings. The van der Waals surface area contributed by atoms with Crippen molar-refractivity contribution in [2.45, 2.75) is 39.5 Å². The normalized spacial score (nSPS) is 12.5. The number of ether oxygens (including phenoxy) is 1. The molecule has 1 aromatic rings. The minimum absolute atomic E-state index is 0.289. The van der Waals surface area contributed by atoms with E-state index in [0.29, 0.717) is 24.7 Å². The summed E-state index contributed by atoms with van der Waals surface area (Å²) in [5.74, 6) is 0.183. The fourth-order valence-corrected chi connectivity index (χ4v) is 1.33. The zero-order valence-electron chi connectivity index (χ0n) is 9.32. The average molecular weight is 212 g/mol. The fraction of sp³-hybridized carbons (Fsp3) is 0.700. The summed E-state index contributed by atoms with van der Waals surface area (Å²) in [6, 6.07) is 0. The molecular weight excluding hydrogens is 196 g/mol. The van der Waals surface area contributed by atoms with E-state index in [0.717, 1.165) is 6.42 Å². The molecule has 0 aliphatic heterocycles. The first-order valence-electron chi connectivity index (χ1n) is 5.15. The van der Waals surface area contributed by atoms with Gasteiger partial charge in [0.15, 0.2) is 5.82 Å². The van der Waals surface area contributed by atoms with Crippen LogP contribution < -0.4 is 0 Å². The Morgan fingerprint density at radius 2 is 2.27 bits per heavy atom. The monoisotopic (exact) mass is 212 g/mol. The molecular formula is C10H16N2O3. The van der Waals surface area contributed by atoms with E-state index in [4.69, 9.17) is 9.26 Å². The fourth-order valence-electron chi connectivity index (χ4n) is 1.33. The van der Waals surface area contributed by atoms with Crippen molar-refractivity contribution in [1.82, 2.24) is 10.1 Å². The molecule has 0 saturated carbocycles. The second-order valence-corrected chi connectivity index (χ2v) is 3.27. The molecule has 0 radical (unpaired) electrons. The van der Waals surface area contributed by atoms with Crippen LogP contribution in [0.15, 0.2) is 4.52 Å². The van der Waals surface area contributed by atoms with Crippen molar-refractivity contribution < 1.29 is 14.1 Å². The summed E-state index contributed by atoms with van der Waals surface area (Å²) in [5, 5.41) is 3.67. The second kappa shape index (κ2) is 5.48. The Hall–Kier alpha value is -1.39. The van der Waals surface area contributed by atoms with Gasteiger partial charge in [-0.3, -0.25) is 4.79 Å². The van der Waals surface area contributed by atoms with E-state index >= 15 is 0 Å². The summed E-state index contributed by atoms with van der Waals surface area (Å²) in [5.41, 5.74) is 0. The Balaban J connectivity index is 2.77. The maximum absolute atomic E-state index is 11.6. The van der Waals surface area contributed by atoms with E-state index in [1.54, 1.807) is 13.8 Å². The van der Waals surface area contributed by atoms with Crippen molar-refractivity contribution >= 4 is 5.97 Å². The third-order valence-electron chi connectivity index (χ3n) is 1.99. The topological polar surface area (TPSA) is 65.2 Å². The van der Waals surface area contributed by atoms with Gasteiger partial charge in [-0.1, -0.05) is 18.5 Å². The zero-order chi connectivity index (χ0) is 11.3. The van der Waals surface area contributed by atoms with E-state index in [2.05, 4.69) is 10.1 Å². The standard InChI is InChI=1S/C10H16N2O3/c1-4-6-8(10(13)14-5-2)9-11-7(3)12-15-9/h8H,4-6H2,1-3H3. The van der Waals surface area contributed by atoms with Gasteiger partial charge in [-0.05, 0) is 20.3 Å². The maximum Gasteiger partial charge on any atom is 0.318 e. The highest BCUT2D eigenvalue weighted by Gasteiger charge is 2.26. The molecule has 1 heterocycles. The van der Waals surface area contributed by atoms with Crippen LogP contribution in [0.4, 0.5) is 0 Å². The lowest BCUT2D eigenvalue weighted by atomic mass is 10.0. The highest BCUT2D eigenvalue weighted by molar-refractivity contribution is 5.76. The van der Waals surface area contributed by atoms with Gasteiger partial charge in [0.25, 0.3) is 0 Å². The molecule has 1 unspecified atom stereocenters. The number of esters is 1. The smallest absolute Gasteiger partial charge is 0.318 e. The Morgan fingerprint density at radius 1 is 1.53 bits per heavy atom. The minimum Gasteiger partial charge on any atom is -0.465 e. The van der Waals surface area contributed by atoms with Crippen molar-refractivity contribution in [2.24, 2.45) is 0 Å². The van der Waals surface area contributed by atoms with E-state index in [1.165, 1.54) is 0 Å². The molecule has 5 nitrogen and oxygen atoms in total. The van der Waals surface area contributed by atoms with Crippen molar-refractivity contribution in [3.8, 4) is 0 Å². The quantitative estimate of drug-likeness (QED) is 0.696. The first-order valence-corrected chi connectivity index (χ1v) is 5.15. The molecule has 0 amide bonds. The number of aryl methyl sites for hydroxylation is 1. The van der Waals surface area contributed by atoms with Gasteiger partial charge in [-0.2, -0.15) is 4.98 Å². The van der Waals surface area contributed by atoms with E-state index in [1.807, 2.05) is 6.92 Å². The van der Waals surface area contributed by atoms with Gasteiger partial charge in [0.05, 0.1) is 6.61 Å². The number of carbonyl (C=O) groups is 1. The molecule has 0 aromatic carbocycles. The first kappa shape index (κ1) is 11.7. The molecule has 0 fully saturated rings. The Bertz CT molecular complexity index is 322. The predicted molar refractivity (Wildman–Crippen MR) is 53.3 cm³/mol. The third-order valence-corrected chi connectivity index (χ3v) is 1.99. The SMILES string of the molecule is CCCC(C(=O)OCC)c1nc(C)no1. The Kier molecular flexibility index (Phi) is 4.27. The molecule has 0 aliphatic carbocycles. The molecule has 5 heteroatoms. The average Bonchev–Trinajstić information content (AvgIpc) is 2.61. The number of rotatable bonds is 5. The summed E-state index contributed by atoms with van der Waals surface area (Å²) >= 11 is 0. The summed E-state index contributed by atoms with van der Waals surface area (Å²) < 4.78 is 9.94.